The highest BCUT2D eigenvalue weighted by molar-refractivity contribution is 6.30. The first-order chi connectivity index (χ1) is 13.7. The fourth-order valence-electron chi connectivity index (χ4n) is 5.06. The highest BCUT2D eigenvalue weighted by Gasteiger charge is 2.41. The monoisotopic (exact) mass is 404 g/mol. The molecule has 0 N–H and O–H groups in total. The maximum Gasteiger partial charge on any atom is 0.206 e. The van der Waals surface area contributed by atoms with Gasteiger partial charge >= 0.3 is 0 Å². The minimum atomic E-state index is 0.314. The molecule has 6 heterocycles. The second kappa shape index (κ2) is 6.45. The lowest BCUT2D eigenvalue weighted by Gasteiger charge is -2.46. The number of fused-ring (bicyclic) bond motifs is 3. The van der Waals surface area contributed by atoms with E-state index in [9.17, 15) is 0 Å². The quantitative estimate of drug-likeness (QED) is 0.710. The molecule has 0 aliphatic carbocycles. The number of rotatable bonds is 3. The smallest absolute Gasteiger partial charge is 0.206 e. The molecule has 4 fully saturated rings. The zero-order chi connectivity index (χ0) is 18.8. The van der Waals surface area contributed by atoms with E-state index in [4.69, 9.17) is 26.1 Å². The predicted molar refractivity (Wildman–Crippen MR) is 107 cm³/mol. The van der Waals surface area contributed by atoms with Gasteiger partial charge in [-0.15, -0.1) is 0 Å². The molecule has 0 radical (unpaired) electrons. The number of morpholine rings is 2. The molecule has 8 nitrogen and oxygen atoms in total. The van der Waals surface area contributed by atoms with Crippen LogP contribution in [0.4, 0.5) is 11.8 Å². The Morgan fingerprint density at radius 1 is 1.11 bits per heavy atom. The molecule has 2 aromatic heterocycles. The molecule has 2 aromatic rings. The Kier molecular flexibility index (Phi) is 3.98. The minimum Gasteiger partial charge on any atom is -0.379 e. The molecule has 0 saturated carbocycles. The van der Waals surface area contributed by atoms with Gasteiger partial charge < -0.3 is 23.8 Å². The summed E-state index contributed by atoms with van der Waals surface area (Å²) in [4.78, 5) is 16.9. The van der Waals surface area contributed by atoms with Crippen LogP contribution in [0.3, 0.4) is 0 Å². The van der Waals surface area contributed by atoms with Crippen molar-refractivity contribution in [3.8, 4) is 0 Å². The largest absolute Gasteiger partial charge is 0.379 e. The van der Waals surface area contributed by atoms with Crippen LogP contribution in [0.15, 0.2) is 6.07 Å². The van der Waals surface area contributed by atoms with Crippen molar-refractivity contribution >= 4 is 34.4 Å². The van der Waals surface area contributed by atoms with Crippen LogP contribution in [0, 0.1) is 0 Å². The third-order valence-corrected chi connectivity index (χ3v) is 6.87. The van der Waals surface area contributed by atoms with E-state index in [1.54, 1.807) is 0 Å². The predicted octanol–water partition coefficient (Wildman–Crippen LogP) is 1.12. The van der Waals surface area contributed by atoms with Crippen molar-refractivity contribution < 1.29 is 9.47 Å². The summed E-state index contributed by atoms with van der Waals surface area (Å²) in [6.07, 6.45) is 1.39. The van der Waals surface area contributed by atoms with Crippen LogP contribution >= 0.6 is 11.6 Å². The van der Waals surface area contributed by atoms with Crippen molar-refractivity contribution in [1.82, 2.24) is 19.4 Å². The van der Waals surface area contributed by atoms with Gasteiger partial charge in [0.2, 0.25) is 5.95 Å². The molecule has 4 saturated heterocycles. The first-order valence-corrected chi connectivity index (χ1v) is 10.5. The topological polar surface area (TPSA) is 58.9 Å². The number of pyridine rings is 1. The van der Waals surface area contributed by atoms with Gasteiger partial charge in [-0.05, 0) is 6.42 Å². The maximum absolute atomic E-state index is 6.40. The second-order valence-electron chi connectivity index (χ2n) is 8.31. The Morgan fingerprint density at radius 3 is 2.64 bits per heavy atom. The van der Waals surface area contributed by atoms with E-state index in [1.807, 2.05) is 6.07 Å². The number of anilines is 2. The molecule has 0 amide bonds. The average Bonchev–Trinajstić information content (AvgIpc) is 3.37. The van der Waals surface area contributed by atoms with Crippen LogP contribution in [0.2, 0.25) is 5.15 Å². The number of aromatic nitrogens is 3. The lowest BCUT2D eigenvalue weighted by molar-refractivity contribution is 0.0102. The SMILES string of the molecule is Cn1c(N2CC(N3CCOCC3)C2)nc2c(N3C[C@H]4C[C@@H]3CO4)nc(Cl)cc21. The Bertz CT molecular complexity index is 907. The molecule has 9 heteroatoms. The lowest BCUT2D eigenvalue weighted by atomic mass is 10.1. The van der Waals surface area contributed by atoms with E-state index in [-0.39, 0.29) is 0 Å². The van der Waals surface area contributed by atoms with Gasteiger partial charge in [-0.2, -0.15) is 0 Å². The third-order valence-electron chi connectivity index (χ3n) is 6.68. The lowest BCUT2D eigenvalue weighted by Crippen LogP contribution is -2.62. The zero-order valence-electron chi connectivity index (χ0n) is 16.1. The molecule has 4 aliphatic rings. The Hall–Kier alpha value is -1.61. The first-order valence-electron chi connectivity index (χ1n) is 10.2. The fourth-order valence-corrected chi connectivity index (χ4v) is 5.25. The summed E-state index contributed by atoms with van der Waals surface area (Å²) in [5, 5.41) is 0.524. The van der Waals surface area contributed by atoms with Crippen molar-refractivity contribution in [2.75, 3.05) is 62.3 Å². The van der Waals surface area contributed by atoms with Crippen LogP contribution in [0.5, 0.6) is 0 Å². The number of nitrogens with zero attached hydrogens (tertiary/aromatic N) is 6. The fraction of sp³-hybridized carbons (Fsp3) is 0.684. The summed E-state index contributed by atoms with van der Waals surface area (Å²) >= 11 is 6.40. The van der Waals surface area contributed by atoms with Crippen LogP contribution in [0.1, 0.15) is 6.42 Å². The molecule has 2 atom stereocenters. The van der Waals surface area contributed by atoms with E-state index >= 15 is 0 Å². The summed E-state index contributed by atoms with van der Waals surface area (Å²) in [7, 11) is 2.08. The molecular weight excluding hydrogens is 380 g/mol. The van der Waals surface area contributed by atoms with Gasteiger partial charge in [0.25, 0.3) is 0 Å². The van der Waals surface area contributed by atoms with Gasteiger partial charge in [0.15, 0.2) is 5.82 Å². The Morgan fingerprint density at radius 2 is 1.93 bits per heavy atom. The van der Waals surface area contributed by atoms with Crippen LogP contribution in [-0.2, 0) is 16.5 Å². The van der Waals surface area contributed by atoms with Crippen molar-refractivity contribution in [3.63, 3.8) is 0 Å². The van der Waals surface area contributed by atoms with E-state index in [0.717, 1.165) is 81.8 Å². The Labute approximate surface area is 169 Å². The highest BCUT2D eigenvalue weighted by Crippen LogP contribution is 2.38. The molecular formula is C19H25ClN6O2. The van der Waals surface area contributed by atoms with Crippen LogP contribution in [-0.4, -0.2) is 90.2 Å². The van der Waals surface area contributed by atoms with Crippen molar-refractivity contribution in [2.24, 2.45) is 7.05 Å². The van der Waals surface area contributed by atoms with Gasteiger partial charge in [-0.25, -0.2) is 9.97 Å². The number of aryl methyl sites for hydroxylation is 1. The number of hydrogen-bond donors (Lipinski definition) is 0. The summed E-state index contributed by atoms with van der Waals surface area (Å²) in [6.45, 7) is 7.42. The first kappa shape index (κ1) is 17.3. The van der Waals surface area contributed by atoms with Crippen LogP contribution < -0.4 is 9.80 Å². The zero-order valence-corrected chi connectivity index (χ0v) is 16.8. The molecule has 0 aromatic carbocycles. The summed E-state index contributed by atoms with van der Waals surface area (Å²) in [5.41, 5.74) is 1.99. The minimum absolute atomic E-state index is 0.314. The van der Waals surface area contributed by atoms with Crippen molar-refractivity contribution in [3.05, 3.63) is 11.2 Å². The van der Waals surface area contributed by atoms with Crippen LogP contribution in [0.25, 0.3) is 11.0 Å². The average molecular weight is 405 g/mol. The highest BCUT2D eigenvalue weighted by atomic mass is 35.5. The van der Waals surface area contributed by atoms with Crippen molar-refractivity contribution in [1.29, 1.82) is 0 Å². The number of ether oxygens (including phenoxy) is 2. The normalized spacial score (nSPS) is 28.5. The molecule has 6 rings (SSSR count). The van der Waals surface area contributed by atoms with Gasteiger partial charge in [0.05, 0.1) is 37.5 Å². The summed E-state index contributed by atoms with van der Waals surface area (Å²) in [5.74, 6) is 1.91. The van der Waals surface area contributed by atoms with Gasteiger partial charge in [0.1, 0.15) is 10.7 Å². The third kappa shape index (κ3) is 2.62. The summed E-state index contributed by atoms with van der Waals surface area (Å²) in [6, 6.07) is 2.91. The van der Waals surface area contributed by atoms with E-state index in [2.05, 4.69) is 31.3 Å². The number of imidazole rings is 1. The molecule has 150 valence electrons. The number of halogens is 1. The van der Waals surface area contributed by atoms with E-state index in [0.29, 0.717) is 23.3 Å². The molecule has 0 spiro atoms. The van der Waals surface area contributed by atoms with E-state index < -0.39 is 0 Å². The summed E-state index contributed by atoms with van der Waals surface area (Å²) < 4.78 is 13.4. The maximum atomic E-state index is 6.40. The van der Waals surface area contributed by atoms with Gasteiger partial charge in [0, 0.05) is 51.9 Å². The standard InChI is InChI=1S/C19H25ClN6O2/c1-23-15-7-16(20)21-18(26-10-14-6-12(26)11-28-14)17(15)22-19(23)25-8-13(9-25)24-2-4-27-5-3-24/h7,12-14H,2-6,8-11H2,1H3/t12-,14-/m1/s1. The van der Waals surface area contributed by atoms with E-state index in [1.165, 1.54) is 0 Å². The van der Waals surface area contributed by atoms with Crippen molar-refractivity contribution in [2.45, 2.75) is 24.6 Å². The van der Waals surface area contributed by atoms with Gasteiger partial charge in [-0.3, -0.25) is 4.90 Å². The molecule has 4 aliphatic heterocycles. The molecule has 28 heavy (non-hydrogen) atoms. The molecule has 0 unspecified atom stereocenters. The number of hydrogen-bond acceptors (Lipinski definition) is 7. The Balaban J connectivity index is 1.30. The van der Waals surface area contributed by atoms with Gasteiger partial charge in [-0.1, -0.05) is 11.6 Å². The molecule has 2 bridgehead atoms. The second-order valence-corrected chi connectivity index (χ2v) is 8.70.